The number of halogens is 4. The molecule has 0 spiro atoms. The van der Waals surface area contributed by atoms with Crippen molar-refractivity contribution in [2.75, 3.05) is 32.7 Å². The minimum atomic E-state index is -4.15. The number of likely N-dealkylation sites (tertiary alicyclic amines) is 2. The van der Waals surface area contributed by atoms with E-state index in [0.717, 1.165) is 42.7 Å². The summed E-state index contributed by atoms with van der Waals surface area (Å²) in [4.78, 5) is 21.2. The number of aromatic nitrogens is 2. The molecule has 0 saturated carbocycles. The van der Waals surface area contributed by atoms with Crippen molar-refractivity contribution < 1.29 is 22.4 Å². The Morgan fingerprint density at radius 1 is 1.08 bits per heavy atom. The number of hydrogen-bond acceptors (Lipinski definition) is 4. The summed E-state index contributed by atoms with van der Waals surface area (Å²) in [6, 6.07) is 9.33. The van der Waals surface area contributed by atoms with Crippen LogP contribution in [-0.4, -0.2) is 69.9 Å². The van der Waals surface area contributed by atoms with Crippen LogP contribution in [-0.2, 0) is 6.42 Å². The zero-order valence-electron chi connectivity index (χ0n) is 21.2. The van der Waals surface area contributed by atoms with Crippen molar-refractivity contribution in [3.05, 3.63) is 70.4 Å². The lowest BCUT2D eigenvalue weighted by Crippen LogP contribution is -2.62. The fourth-order valence-electron chi connectivity index (χ4n) is 5.77. The zero-order valence-corrected chi connectivity index (χ0v) is 21.2. The summed E-state index contributed by atoms with van der Waals surface area (Å²) in [7, 11) is 0. The van der Waals surface area contributed by atoms with Crippen LogP contribution in [0.5, 0.6) is 0 Å². The Morgan fingerprint density at radius 2 is 1.81 bits per heavy atom. The third-order valence-corrected chi connectivity index (χ3v) is 7.75. The number of piperidine rings is 1. The molecule has 37 heavy (non-hydrogen) atoms. The van der Waals surface area contributed by atoms with Gasteiger partial charge >= 0.3 is 6.18 Å². The number of alkyl halides is 3. The first kappa shape index (κ1) is 25.9. The normalized spacial score (nSPS) is 18.4. The van der Waals surface area contributed by atoms with Crippen molar-refractivity contribution in [1.82, 2.24) is 19.2 Å². The smallest absolute Gasteiger partial charge is 0.298 e. The molecule has 2 aromatic heterocycles. The Bertz CT molecular complexity index is 1290. The van der Waals surface area contributed by atoms with Crippen LogP contribution in [0.1, 0.15) is 58.1 Å². The molecule has 0 radical (unpaired) electrons. The number of Topliss-reactive ketones (excluding diaryl/α,β-unsaturated/α-hetero) is 1. The third-order valence-electron chi connectivity index (χ3n) is 7.75. The van der Waals surface area contributed by atoms with Crippen molar-refractivity contribution in [3.8, 4) is 0 Å². The third kappa shape index (κ3) is 5.72. The average Bonchev–Trinajstić information content (AvgIpc) is 3.14. The van der Waals surface area contributed by atoms with Gasteiger partial charge in [0.05, 0.1) is 12.2 Å². The van der Waals surface area contributed by atoms with Crippen LogP contribution in [0.15, 0.2) is 36.5 Å². The van der Waals surface area contributed by atoms with E-state index in [1.807, 2.05) is 48.7 Å². The monoisotopic (exact) mass is 516 g/mol. The molecule has 0 unspecified atom stereocenters. The van der Waals surface area contributed by atoms with E-state index in [9.17, 15) is 18.0 Å². The van der Waals surface area contributed by atoms with Crippen molar-refractivity contribution in [1.29, 1.82) is 0 Å². The molecule has 2 saturated heterocycles. The molecule has 2 aliphatic rings. The van der Waals surface area contributed by atoms with E-state index < -0.39 is 12.7 Å². The maximum atomic E-state index is 15.1. The van der Waals surface area contributed by atoms with Gasteiger partial charge in [-0.05, 0) is 87.0 Å². The second-order valence-corrected chi connectivity index (χ2v) is 10.5. The van der Waals surface area contributed by atoms with Crippen LogP contribution >= 0.6 is 0 Å². The number of carbonyl (C=O) groups excluding carboxylic acids is 1. The number of carbonyl (C=O) groups is 1. The second-order valence-electron chi connectivity index (χ2n) is 10.5. The molecule has 2 aliphatic heterocycles. The Hall–Kier alpha value is -2.78. The molecule has 4 heterocycles. The number of hydrogen-bond donors (Lipinski definition) is 0. The topological polar surface area (TPSA) is 40.9 Å². The Labute approximate surface area is 214 Å². The first-order valence-corrected chi connectivity index (χ1v) is 12.9. The molecular formula is C28H32F4N4O. The standard InChI is InChI=1S/C28H32F4N4O/c1-18-7-12-36-26(13-18)33-19(2)27(36)25(37)6-4-20-3-5-23(24(29)14-20)21-8-10-35(11-9-21)22-15-34(16-22)17-28(30,31)32/h3,5,7,12-14,21-22H,4,6,8-11,15-17H2,1-2H3. The van der Waals surface area contributed by atoms with Gasteiger partial charge in [-0.2, -0.15) is 13.2 Å². The summed E-state index contributed by atoms with van der Waals surface area (Å²) in [5.41, 5.74) is 4.57. The number of ketones is 1. The lowest BCUT2D eigenvalue weighted by molar-refractivity contribution is -0.161. The van der Waals surface area contributed by atoms with Gasteiger partial charge in [-0.1, -0.05) is 12.1 Å². The van der Waals surface area contributed by atoms with Gasteiger partial charge < -0.3 is 0 Å². The highest BCUT2D eigenvalue weighted by Gasteiger charge is 2.40. The lowest BCUT2D eigenvalue weighted by atomic mass is 9.87. The maximum absolute atomic E-state index is 15.1. The van der Waals surface area contributed by atoms with Crippen LogP contribution in [0.25, 0.3) is 5.65 Å². The largest absolute Gasteiger partial charge is 0.401 e. The summed E-state index contributed by atoms with van der Waals surface area (Å²) in [6.45, 7) is 5.39. The summed E-state index contributed by atoms with van der Waals surface area (Å²) in [5.74, 6) is -0.164. The van der Waals surface area contributed by atoms with E-state index in [4.69, 9.17) is 0 Å². The fourth-order valence-corrected chi connectivity index (χ4v) is 5.77. The van der Waals surface area contributed by atoms with Gasteiger partial charge in [-0.25, -0.2) is 9.37 Å². The van der Waals surface area contributed by atoms with E-state index in [2.05, 4.69) is 9.88 Å². The number of nitrogens with zero attached hydrogens (tertiary/aromatic N) is 4. The van der Waals surface area contributed by atoms with Gasteiger partial charge in [0.1, 0.15) is 17.2 Å². The molecule has 198 valence electrons. The summed E-state index contributed by atoms with van der Waals surface area (Å²) >= 11 is 0. The first-order valence-electron chi connectivity index (χ1n) is 12.9. The van der Waals surface area contributed by atoms with Crippen LogP contribution < -0.4 is 0 Å². The zero-order chi connectivity index (χ0) is 26.3. The Morgan fingerprint density at radius 3 is 2.49 bits per heavy atom. The van der Waals surface area contributed by atoms with Crippen LogP contribution in [0.4, 0.5) is 17.6 Å². The van der Waals surface area contributed by atoms with Crippen molar-refractivity contribution in [2.24, 2.45) is 0 Å². The summed E-state index contributed by atoms with van der Waals surface area (Å²) in [5, 5.41) is 0. The van der Waals surface area contributed by atoms with Gasteiger partial charge in [0, 0.05) is 31.7 Å². The SMILES string of the molecule is Cc1ccn2c(C(=O)CCc3ccc(C4CCN(C5CN(CC(F)(F)F)C5)CC4)c(F)c3)c(C)nc2c1. The molecule has 3 aromatic rings. The van der Waals surface area contributed by atoms with Gasteiger partial charge in [0.2, 0.25) is 0 Å². The highest BCUT2D eigenvalue weighted by atomic mass is 19.4. The number of benzene rings is 1. The number of aryl methyl sites for hydroxylation is 3. The highest BCUT2D eigenvalue weighted by Crippen LogP contribution is 2.33. The maximum Gasteiger partial charge on any atom is 0.401 e. The van der Waals surface area contributed by atoms with Gasteiger partial charge in [-0.15, -0.1) is 0 Å². The van der Waals surface area contributed by atoms with Gasteiger partial charge in [0.25, 0.3) is 0 Å². The fraction of sp³-hybridized carbons (Fsp3) is 0.500. The molecule has 0 bridgehead atoms. The molecule has 1 aromatic carbocycles. The molecule has 5 rings (SSSR count). The minimum absolute atomic E-state index is 0.0181. The van der Waals surface area contributed by atoms with Crippen molar-refractivity contribution in [2.45, 2.75) is 57.7 Å². The quantitative estimate of drug-likeness (QED) is 0.314. The molecule has 9 heteroatoms. The Balaban J connectivity index is 1.14. The minimum Gasteiger partial charge on any atom is -0.298 e. The molecule has 0 atom stereocenters. The first-order chi connectivity index (χ1) is 17.6. The molecule has 0 N–H and O–H groups in total. The summed E-state index contributed by atoms with van der Waals surface area (Å²) in [6.07, 6.45) is 0.00686. The molecule has 0 aliphatic carbocycles. The van der Waals surface area contributed by atoms with Gasteiger partial charge in [0.15, 0.2) is 5.78 Å². The van der Waals surface area contributed by atoms with E-state index in [1.54, 1.807) is 6.07 Å². The van der Waals surface area contributed by atoms with E-state index in [1.165, 1.54) is 4.90 Å². The van der Waals surface area contributed by atoms with Crippen molar-refractivity contribution in [3.63, 3.8) is 0 Å². The molecular weight excluding hydrogens is 484 g/mol. The summed E-state index contributed by atoms with van der Waals surface area (Å²) < 4.78 is 54.5. The number of pyridine rings is 1. The number of fused-ring (bicyclic) bond motifs is 1. The van der Waals surface area contributed by atoms with Crippen LogP contribution in [0.3, 0.4) is 0 Å². The van der Waals surface area contributed by atoms with E-state index in [0.29, 0.717) is 36.5 Å². The van der Waals surface area contributed by atoms with E-state index >= 15 is 4.39 Å². The average molecular weight is 517 g/mol. The predicted molar refractivity (Wildman–Crippen MR) is 134 cm³/mol. The second kappa shape index (κ2) is 10.2. The number of rotatable bonds is 7. The van der Waals surface area contributed by atoms with Gasteiger partial charge in [-0.3, -0.25) is 19.0 Å². The van der Waals surface area contributed by atoms with Crippen LogP contribution in [0.2, 0.25) is 0 Å². The Kier molecular flexibility index (Phi) is 7.11. The molecule has 5 nitrogen and oxygen atoms in total. The van der Waals surface area contributed by atoms with Crippen LogP contribution in [0, 0.1) is 19.7 Å². The predicted octanol–water partition coefficient (Wildman–Crippen LogP) is 5.33. The van der Waals surface area contributed by atoms with E-state index in [-0.39, 0.29) is 30.0 Å². The number of imidazole rings is 1. The lowest BCUT2D eigenvalue weighted by Gasteiger charge is -2.47. The molecule has 0 amide bonds. The molecule has 2 fully saturated rings. The van der Waals surface area contributed by atoms with Crippen molar-refractivity contribution >= 4 is 11.4 Å². The highest BCUT2D eigenvalue weighted by molar-refractivity contribution is 5.96.